The molecule has 0 spiro atoms. The SMILES string of the molecule is O=C(COc1ccc(-c2ccccc2)cc1Br)N/N=C/c1ccc(OCc2ccccc2Cl)cc1. The van der Waals surface area contributed by atoms with Crippen molar-refractivity contribution in [2.45, 2.75) is 6.61 Å². The number of nitrogens with zero attached hydrogens (tertiary/aromatic N) is 1. The van der Waals surface area contributed by atoms with Crippen LogP contribution in [0.25, 0.3) is 11.1 Å². The lowest BCUT2D eigenvalue weighted by Crippen LogP contribution is -2.24. The Morgan fingerprint density at radius 1 is 0.886 bits per heavy atom. The first kappa shape index (κ1) is 24.5. The number of hydrogen-bond donors (Lipinski definition) is 1. The molecule has 7 heteroatoms. The molecule has 0 heterocycles. The highest BCUT2D eigenvalue weighted by molar-refractivity contribution is 9.10. The Bertz CT molecular complexity index is 1310. The summed E-state index contributed by atoms with van der Waals surface area (Å²) in [5.74, 6) is 0.930. The van der Waals surface area contributed by atoms with E-state index in [2.05, 4.69) is 26.5 Å². The summed E-state index contributed by atoms with van der Waals surface area (Å²) >= 11 is 9.66. The number of hydrazone groups is 1. The number of amides is 1. The third-order valence-corrected chi connectivity index (χ3v) is 6.02. The predicted molar refractivity (Wildman–Crippen MR) is 143 cm³/mol. The molecule has 0 radical (unpaired) electrons. The molecule has 0 fully saturated rings. The molecule has 4 aromatic carbocycles. The number of benzene rings is 4. The molecule has 1 amide bonds. The second kappa shape index (κ2) is 12.2. The van der Waals surface area contributed by atoms with Crippen LogP contribution < -0.4 is 14.9 Å². The summed E-state index contributed by atoms with van der Waals surface area (Å²) in [7, 11) is 0. The highest BCUT2D eigenvalue weighted by Gasteiger charge is 2.07. The lowest BCUT2D eigenvalue weighted by atomic mass is 10.1. The molecule has 4 aromatic rings. The Kier molecular flexibility index (Phi) is 8.54. The smallest absolute Gasteiger partial charge is 0.277 e. The number of nitrogens with one attached hydrogen (secondary N) is 1. The Labute approximate surface area is 217 Å². The Hall–Kier alpha value is -3.61. The second-order valence-electron chi connectivity index (χ2n) is 7.54. The highest BCUT2D eigenvalue weighted by Crippen LogP contribution is 2.30. The van der Waals surface area contributed by atoms with Crippen LogP contribution >= 0.6 is 27.5 Å². The van der Waals surface area contributed by atoms with E-state index in [1.165, 1.54) is 0 Å². The fraction of sp³-hybridized carbons (Fsp3) is 0.0714. The normalized spacial score (nSPS) is 10.8. The minimum atomic E-state index is -0.361. The van der Waals surface area contributed by atoms with Gasteiger partial charge in [0.1, 0.15) is 18.1 Å². The summed E-state index contributed by atoms with van der Waals surface area (Å²) in [6.07, 6.45) is 1.56. The molecule has 0 aliphatic heterocycles. The summed E-state index contributed by atoms with van der Waals surface area (Å²) in [5, 5.41) is 4.66. The van der Waals surface area contributed by atoms with Crippen molar-refractivity contribution in [3.63, 3.8) is 0 Å². The summed E-state index contributed by atoms with van der Waals surface area (Å²) in [5.41, 5.74) is 6.36. The van der Waals surface area contributed by atoms with E-state index in [0.29, 0.717) is 23.1 Å². The van der Waals surface area contributed by atoms with Crippen LogP contribution in [0.1, 0.15) is 11.1 Å². The lowest BCUT2D eigenvalue weighted by Gasteiger charge is -2.09. The maximum Gasteiger partial charge on any atom is 0.277 e. The van der Waals surface area contributed by atoms with Gasteiger partial charge in [-0.25, -0.2) is 5.43 Å². The zero-order chi connectivity index (χ0) is 24.5. The van der Waals surface area contributed by atoms with Gasteiger partial charge in [0, 0.05) is 10.6 Å². The molecule has 0 unspecified atom stereocenters. The van der Waals surface area contributed by atoms with Crippen LogP contribution in [0.4, 0.5) is 0 Å². The molecule has 176 valence electrons. The quantitative estimate of drug-likeness (QED) is 0.183. The molecule has 5 nitrogen and oxygen atoms in total. The van der Waals surface area contributed by atoms with Gasteiger partial charge in [0.05, 0.1) is 10.7 Å². The number of halogens is 2. The molecule has 1 N–H and O–H groups in total. The summed E-state index contributed by atoms with van der Waals surface area (Å²) < 4.78 is 12.2. The fourth-order valence-corrected chi connectivity index (χ4v) is 3.89. The average Bonchev–Trinajstić information content (AvgIpc) is 2.89. The maximum absolute atomic E-state index is 12.1. The first-order valence-corrected chi connectivity index (χ1v) is 12.0. The molecule has 0 aliphatic rings. The van der Waals surface area contributed by atoms with E-state index in [1.54, 1.807) is 6.21 Å². The number of rotatable bonds is 9. The number of ether oxygens (including phenoxy) is 2. The van der Waals surface area contributed by atoms with Crippen molar-refractivity contribution in [2.24, 2.45) is 5.10 Å². The number of carbonyl (C=O) groups is 1. The number of hydrogen-bond acceptors (Lipinski definition) is 4. The van der Waals surface area contributed by atoms with Gasteiger partial charge in [0.2, 0.25) is 0 Å². The zero-order valence-electron chi connectivity index (χ0n) is 18.7. The summed E-state index contributed by atoms with van der Waals surface area (Å²) in [6, 6.07) is 30.7. The topological polar surface area (TPSA) is 59.9 Å². The first-order valence-electron chi connectivity index (χ1n) is 10.8. The largest absolute Gasteiger partial charge is 0.489 e. The van der Waals surface area contributed by atoms with Gasteiger partial charge in [-0.1, -0.05) is 66.2 Å². The van der Waals surface area contributed by atoms with E-state index in [-0.39, 0.29) is 12.5 Å². The fourth-order valence-electron chi connectivity index (χ4n) is 3.21. The van der Waals surface area contributed by atoms with Gasteiger partial charge in [-0.05, 0) is 75.1 Å². The van der Waals surface area contributed by atoms with Crippen molar-refractivity contribution in [1.29, 1.82) is 0 Å². The summed E-state index contributed by atoms with van der Waals surface area (Å²) in [4.78, 5) is 12.1. The maximum atomic E-state index is 12.1. The van der Waals surface area contributed by atoms with Crippen LogP contribution in [0.15, 0.2) is 107 Å². The molecule has 35 heavy (non-hydrogen) atoms. The number of carbonyl (C=O) groups excluding carboxylic acids is 1. The van der Waals surface area contributed by atoms with Gasteiger partial charge in [0.25, 0.3) is 5.91 Å². The van der Waals surface area contributed by atoms with E-state index in [4.69, 9.17) is 21.1 Å². The second-order valence-corrected chi connectivity index (χ2v) is 8.80. The molecule has 4 rings (SSSR count). The van der Waals surface area contributed by atoms with Crippen LogP contribution in [0.2, 0.25) is 5.02 Å². The van der Waals surface area contributed by atoms with Gasteiger partial charge in [-0.3, -0.25) is 4.79 Å². The third kappa shape index (κ3) is 7.18. The van der Waals surface area contributed by atoms with E-state index in [9.17, 15) is 4.79 Å². The predicted octanol–water partition coefficient (Wildman–Crippen LogP) is 6.88. The first-order chi connectivity index (χ1) is 17.1. The Morgan fingerprint density at radius 3 is 2.37 bits per heavy atom. The van der Waals surface area contributed by atoms with Gasteiger partial charge in [-0.15, -0.1) is 0 Å². The molecular weight excluding hydrogens is 528 g/mol. The van der Waals surface area contributed by atoms with E-state index >= 15 is 0 Å². The molecule has 0 aromatic heterocycles. The van der Waals surface area contributed by atoms with Crippen LogP contribution in [-0.4, -0.2) is 18.7 Å². The standard InChI is InChI=1S/C28H22BrClN2O3/c29-25-16-22(21-6-2-1-3-7-21)12-15-27(25)35-19-28(33)32-31-17-20-10-13-24(14-11-20)34-18-23-8-4-5-9-26(23)30/h1-17H,18-19H2,(H,32,33)/b31-17+. The van der Waals surface area contributed by atoms with Gasteiger partial charge < -0.3 is 9.47 Å². The Balaban J connectivity index is 1.23. The molecule has 0 saturated heterocycles. The molecular formula is C28H22BrClN2O3. The lowest BCUT2D eigenvalue weighted by molar-refractivity contribution is -0.123. The van der Waals surface area contributed by atoms with Crippen LogP contribution in [0.3, 0.4) is 0 Å². The van der Waals surface area contributed by atoms with Crippen molar-refractivity contribution in [3.05, 3.63) is 118 Å². The van der Waals surface area contributed by atoms with E-state index in [0.717, 1.165) is 26.7 Å². The van der Waals surface area contributed by atoms with Gasteiger partial charge in [-0.2, -0.15) is 5.10 Å². The summed E-state index contributed by atoms with van der Waals surface area (Å²) in [6.45, 7) is 0.226. The van der Waals surface area contributed by atoms with E-state index in [1.807, 2.05) is 97.1 Å². The van der Waals surface area contributed by atoms with Crippen molar-refractivity contribution >= 4 is 39.7 Å². The highest BCUT2D eigenvalue weighted by atomic mass is 79.9. The van der Waals surface area contributed by atoms with Crippen molar-refractivity contribution < 1.29 is 14.3 Å². The molecule has 0 atom stereocenters. The van der Waals surface area contributed by atoms with Crippen LogP contribution in [0, 0.1) is 0 Å². The van der Waals surface area contributed by atoms with Crippen LogP contribution in [-0.2, 0) is 11.4 Å². The van der Waals surface area contributed by atoms with Crippen molar-refractivity contribution in [1.82, 2.24) is 5.43 Å². The van der Waals surface area contributed by atoms with Crippen LogP contribution in [0.5, 0.6) is 11.5 Å². The molecule has 0 bridgehead atoms. The van der Waals surface area contributed by atoms with Gasteiger partial charge >= 0.3 is 0 Å². The third-order valence-electron chi connectivity index (χ3n) is 5.03. The molecule has 0 aliphatic carbocycles. The van der Waals surface area contributed by atoms with Gasteiger partial charge in [0.15, 0.2) is 6.61 Å². The Morgan fingerprint density at radius 2 is 1.63 bits per heavy atom. The minimum absolute atomic E-state index is 0.157. The van der Waals surface area contributed by atoms with Crippen molar-refractivity contribution in [2.75, 3.05) is 6.61 Å². The minimum Gasteiger partial charge on any atom is -0.489 e. The molecule has 0 saturated carbocycles. The van der Waals surface area contributed by atoms with Crippen molar-refractivity contribution in [3.8, 4) is 22.6 Å². The average molecular weight is 550 g/mol. The van der Waals surface area contributed by atoms with E-state index < -0.39 is 0 Å². The monoisotopic (exact) mass is 548 g/mol. The zero-order valence-corrected chi connectivity index (χ0v) is 21.0.